The minimum atomic E-state index is 0.554. The molecule has 13 rings (SSSR count). The Morgan fingerprint density at radius 3 is 1.38 bits per heavy atom. The molecule has 6 heteroatoms. The minimum Gasteiger partial charge on any atom is -0.438 e. The molecule has 0 aliphatic carbocycles. The maximum atomic E-state index is 6.48. The molecule has 9 aromatic carbocycles. The molecule has 0 unspecified atom stereocenters. The van der Waals surface area contributed by atoms with Crippen LogP contribution in [0, 0.1) is 0 Å². The smallest absolute Gasteiger partial charge is 0.231 e. The number of aromatic nitrogens is 4. The number of hydrogen-bond acceptors (Lipinski definition) is 6. The molecule has 5 nitrogen and oxygen atoms in total. The van der Waals surface area contributed by atoms with Gasteiger partial charge in [-0.05, 0) is 80.9 Å². The first-order chi connectivity index (χ1) is 33.7. The first-order valence-electron chi connectivity index (χ1n) is 22.7. The van der Waals surface area contributed by atoms with Gasteiger partial charge in [0.2, 0.25) is 5.71 Å². The molecule has 0 atom stereocenters. The van der Waals surface area contributed by atoms with E-state index in [2.05, 4.69) is 200 Å². The highest BCUT2D eigenvalue weighted by Crippen LogP contribution is 2.43. The maximum Gasteiger partial charge on any atom is 0.231 e. The highest BCUT2D eigenvalue weighted by Gasteiger charge is 2.21. The molecule has 68 heavy (non-hydrogen) atoms. The van der Waals surface area contributed by atoms with Gasteiger partial charge in [-0.3, -0.25) is 0 Å². The lowest BCUT2D eigenvalue weighted by molar-refractivity contribution is 0.653. The molecular formula is C62H38N4OS. The van der Waals surface area contributed by atoms with Crippen molar-refractivity contribution in [2.45, 2.75) is 0 Å². The summed E-state index contributed by atoms with van der Waals surface area (Å²) in [6.45, 7) is 0. The van der Waals surface area contributed by atoms with Crippen LogP contribution in [0.4, 0.5) is 0 Å². The van der Waals surface area contributed by atoms with Crippen LogP contribution < -0.4 is 0 Å². The summed E-state index contributed by atoms with van der Waals surface area (Å²) in [4.78, 5) is 22.1. The van der Waals surface area contributed by atoms with Crippen molar-refractivity contribution in [2.75, 3.05) is 0 Å². The SMILES string of the molecule is c1ccc(-c2ccc(-c3nc(-c4cccc(-c5cc(-c6ccccc6)cc(-c6nc(-c7ccc(-c8ccccc8)cc7)nc7sc8ccccc8c67)c5)c4)c4c(n3)oc3ccccc34)cc2)cc1. The predicted octanol–water partition coefficient (Wildman–Crippen LogP) is 16.9. The minimum absolute atomic E-state index is 0.554. The quantitative estimate of drug-likeness (QED) is 0.152. The number of benzene rings is 9. The van der Waals surface area contributed by atoms with Crippen LogP contribution in [-0.4, -0.2) is 19.9 Å². The van der Waals surface area contributed by atoms with Gasteiger partial charge in [-0.15, -0.1) is 11.3 Å². The van der Waals surface area contributed by atoms with E-state index in [4.69, 9.17) is 24.4 Å². The average Bonchev–Trinajstić information content (AvgIpc) is 4.00. The van der Waals surface area contributed by atoms with Gasteiger partial charge in [0.25, 0.3) is 0 Å². The molecule has 0 N–H and O–H groups in total. The highest BCUT2D eigenvalue weighted by molar-refractivity contribution is 7.25. The Labute approximate surface area is 396 Å². The third-order valence-electron chi connectivity index (χ3n) is 12.8. The van der Waals surface area contributed by atoms with E-state index in [1.54, 1.807) is 11.3 Å². The van der Waals surface area contributed by atoms with Crippen molar-refractivity contribution in [3.8, 4) is 89.8 Å². The van der Waals surface area contributed by atoms with E-state index in [1.165, 1.54) is 10.3 Å². The monoisotopic (exact) mass is 886 g/mol. The molecule has 0 bridgehead atoms. The van der Waals surface area contributed by atoms with Crippen LogP contribution in [0.1, 0.15) is 0 Å². The van der Waals surface area contributed by atoms with Crippen LogP contribution in [0.2, 0.25) is 0 Å². The molecule has 318 valence electrons. The summed E-state index contributed by atoms with van der Waals surface area (Å²) < 4.78 is 7.66. The predicted molar refractivity (Wildman–Crippen MR) is 281 cm³/mol. The second-order valence-electron chi connectivity index (χ2n) is 17.0. The lowest BCUT2D eigenvalue weighted by atomic mass is 9.92. The summed E-state index contributed by atoms with van der Waals surface area (Å²) in [5.74, 6) is 1.30. The zero-order valence-electron chi connectivity index (χ0n) is 36.5. The summed E-state index contributed by atoms with van der Waals surface area (Å²) in [7, 11) is 0. The van der Waals surface area contributed by atoms with Crippen molar-refractivity contribution in [1.29, 1.82) is 0 Å². The van der Waals surface area contributed by atoms with Crippen molar-refractivity contribution in [3.63, 3.8) is 0 Å². The van der Waals surface area contributed by atoms with Gasteiger partial charge in [0.15, 0.2) is 11.6 Å². The Kier molecular flexibility index (Phi) is 9.62. The fourth-order valence-electron chi connectivity index (χ4n) is 9.38. The van der Waals surface area contributed by atoms with Gasteiger partial charge in [-0.25, -0.2) is 15.0 Å². The second kappa shape index (κ2) is 16.5. The van der Waals surface area contributed by atoms with E-state index in [-0.39, 0.29) is 0 Å². The molecule has 0 aliphatic heterocycles. The molecular weight excluding hydrogens is 849 g/mol. The standard InChI is InChI=1S/C62H38N4OS/c1-4-15-39(16-5-1)42-27-31-44(32-28-42)59-63-57(55-51-23-10-12-25-53(51)67-61(55)65-59)47-22-14-21-46(35-47)49-36-48(41-19-8-3-9-20-41)37-50(38-49)58-56-52-24-11-13-26-54(52)68-62(56)66-60(64-58)45-33-29-43(30-34-45)40-17-6-2-7-18-40/h1-38H. The van der Waals surface area contributed by atoms with E-state index in [0.717, 1.165) is 105 Å². The molecule has 13 aromatic rings. The van der Waals surface area contributed by atoms with Gasteiger partial charge in [-0.1, -0.05) is 194 Å². The number of hydrogen-bond donors (Lipinski definition) is 0. The highest BCUT2D eigenvalue weighted by atomic mass is 32.1. The van der Waals surface area contributed by atoms with E-state index in [1.807, 2.05) is 30.3 Å². The topological polar surface area (TPSA) is 64.7 Å². The summed E-state index contributed by atoms with van der Waals surface area (Å²) in [6, 6.07) is 80.7. The third-order valence-corrected chi connectivity index (χ3v) is 13.8. The molecule has 4 aromatic heterocycles. The first-order valence-corrected chi connectivity index (χ1v) is 23.5. The zero-order valence-corrected chi connectivity index (χ0v) is 37.4. The van der Waals surface area contributed by atoms with Crippen molar-refractivity contribution < 1.29 is 4.42 Å². The molecule has 0 saturated carbocycles. The van der Waals surface area contributed by atoms with Crippen LogP contribution in [0.15, 0.2) is 235 Å². The number of rotatable bonds is 8. The Morgan fingerprint density at radius 2 is 0.735 bits per heavy atom. The van der Waals surface area contributed by atoms with Crippen LogP contribution in [0.5, 0.6) is 0 Å². The normalized spacial score (nSPS) is 11.5. The molecule has 0 aliphatic rings. The van der Waals surface area contributed by atoms with E-state index in [9.17, 15) is 0 Å². The second-order valence-corrected chi connectivity index (χ2v) is 18.0. The first kappa shape index (κ1) is 39.5. The van der Waals surface area contributed by atoms with Gasteiger partial charge in [0.05, 0.1) is 16.8 Å². The van der Waals surface area contributed by atoms with E-state index < -0.39 is 0 Å². The van der Waals surface area contributed by atoms with Crippen LogP contribution >= 0.6 is 11.3 Å². The third kappa shape index (κ3) is 7.12. The number of thiophene rings is 1. The molecule has 0 spiro atoms. The number of furan rings is 1. The summed E-state index contributed by atoms with van der Waals surface area (Å²) in [5.41, 5.74) is 15.8. The van der Waals surface area contributed by atoms with Crippen molar-refractivity contribution in [1.82, 2.24) is 19.9 Å². The lowest BCUT2D eigenvalue weighted by Crippen LogP contribution is -1.95. The van der Waals surface area contributed by atoms with Gasteiger partial charge in [0.1, 0.15) is 10.4 Å². The number of para-hydroxylation sites is 1. The molecule has 4 heterocycles. The van der Waals surface area contributed by atoms with E-state index in [0.29, 0.717) is 17.4 Å². The Balaban J connectivity index is 0.982. The van der Waals surface area contributed by atoms with Gasteiger partial charge >= 0.3 is 0 Å². The fourth-order valence-corrected chi connectivity index (χ4v) is 10.5. The molecule has 0 fully saturated rings. The Morgan fingerprint density at radius 1 is 0.294 bits per heavy atom. The van der Waals surface area contributed by atoms with Crippen molar-refractivity contribution in [3.05, 3.63) is 231 Å². The van der Waals surface area contributed by atoms with Crippen LogP contribution in [0.3, 0.4) is 0 Å². The van der Waals surface area contributed by atoms with Crippen molar-refractivity contribution in [2.24, 2.45) is 0 Å². The Hall–Kier alpha value is -8.84. The Bertz CT molecular complexity index is 4000. The maximum absolute atomic E-state index is 6.48. The van der Waals surface area contributed by atoms with E-state index >= 15 is 0 Å². The average molecular weight is 887 g/mol. The summed E-state index contributed by atoms with van der Waals surface area (Å²) >= 11 is 1.71. The summed E-state index contributed by atoms with van der Waals surface area (Å²) in [6.07, 6.45) is 0. The van der Waals surface area contributed by atoms with Crippen molar-refractivity contribution >= 4 is 53.7 Å². The number of nitrogens with zero attached hydrogens (tertiary/aromatic N) is 4. The molecule has 0 radical (unpaired) electrons. The van der Waals surface area contributed by atoms with Crippen LogP contribution in [0.25, 0.3) is 132 Å². The molecule has 0 amide bonds. The van der Waals surface area contributed by atoms with Gasteiger partial charge in [-0.2, -0.15) is 4.98 Å². The van der Waals surface area contributed by atoms with Crippen LogP contribution in [-0.2, 0) is 0 Å². The molecule has 0 saturated heterocycles. The summed E-state index contributed by atoms with van der Waals surface area (Å²) in [5, 5.41) is 4.06. The lowest BCUT2D eigenvalue weighted by Gasteiger charge is -2.14. The van der Waals surface area contributed by atoms with Gasteiger partial charge < -0.3 is 4.42 Å². The van der Waals surface area contributed by atoms with Gasteiger partial charge in [0, 0.05) is 43.1 Å². The zero-order chi connectivity index (χ0) is 45.0. The fraction of sp³-hybridized carbons (Fsp3) is 0. The number of fused-ring (bicyclic) bond motifs is 6. The largest absolute Gasteiger partial charge is 0.438 e.